The molecule has 1 aliphatic carbocycles. The Balaban J connectivity index is 1.83. The molecule has 0 aromatic heterocycles. The lowest BCUT2D eigenvalue weighted by atomic mass is 9.85. The van der Waals surface area contributed by atoms with Gasteiger partial charge in [-0.1, -0.05) is 64.0 Å². The van der Waals surface area contributed by atoms with Crippen molar-refractivity contribution >= 4 is 8.64 Å². The van der Waals surface area contributed by atoms with Crippen molar-refractivity contribution in [2.45, 2.75) is 83.5 Å². The zero-order valence-corrected chi connectivity index (χ0v) is 18.1. The maximum Gasteiger partial charge on any atom is 0.423 e. The first-order chi connectivity index (χ1) is 12.4. The number of likely N-dealkylation sites (N-methyl/N-ethyl adjacent to an activating group) is 1. The number of allylic oxidation sites excluding steroid dienone is 2. The highest BCUT2D eigenvalue weighted by Crippen LogP contribution is 2.48. The summed E-state index contributed by atoms with van der Waals surface area (Å²) in [7, 11) is 0.168. The summed E-state index contributed by atoms with van der Waals surface area (Å²) in [5.74, 6) is 1.19. The van der Waals surface area contributed by atoms with Crippen molar-refractivity contribution in [3.05, 3.63) is 41.5 Å². The Morgan fingerprint density at radius 3 is 2.62 bits per heavy atom. The molecule has 142 valence electrons. The van der Waals surface area contributed by atoms with Crippen LogP contribution in [0.25, 0.3) is 0 Å². The number of nitrogens with zero attached hydrogens (tertiary/aromatic N) is 2. The van der Waals surface area contributed by atoms with Crippen LogP contribution in [0.4, 0.5) is 0 Å². The molecular formula is C22H34N2OSi. The molecule has 1 aromatic rings. The summed E-state index contributed by atoms with van der Waals surface area (Å²) in [6, 6.07) is 9.19. The summed E-state index contributed by atoms with van der Waals surface area (Å²) in [6.07, 6.45) is 9.94. The van der Waals surface area contributed by atoms with Gasteiger partial charge in [-0.3, -0.25) is 9.13 Å². The molecule has 1 unspecified atom stereocenters. The SMILES string of the molecule is C/C=C\C[Si]12Oc3c(cccc3C(C)(C)C)CN1[C@H]1CCCC[C@@H]1N2C. The molecule has 0 N–H and O–H groups in total. The largest absolute Gasteiger partial charge is 0.517 e. The molecule has 26 heavy (non-hydrogen) atoms. The van der Waals surface area contributed by atoms with Crippen LogP contribution in [0.15, 0.2) is 30.4 Å². The van der Waals surface area contributed by atoms with Crippen LogP contribution in [0.5, 0.6) is 5.75 Å². The molecule has 3 atom stereocenters. The van der Waals surface area contributed by atoms with Gasteiger partial charge in [0, 0.05) is 30.2 Å². The lowest BCUT2D eigenvalue weighted by Crippen LogP contribution is -2.65. The molecule has 1 aromatic carbocycles. The lowest BCUT2D eigenvalue weighted by molar-refractivity contribution is 0.207. The predicted molar refractivity (Wildman–Crippen MR) is 110 cm³/mol. The number of hydrogen-bond acceptors (Lipinski definition) is 3. The average molecular weight is 371 g/mol. The Hall–Kier alpha value is -1.10. The lowest BCUT2D eigenvalue weighted by Gasteiger charge is -2.45. The summed E-state index contributed by atoms with van der Waals surface area (Å²) < 4.78 is 12.7. The number of benzene rings is 1. The molecule has 0 radical (unpaired) electrons. The van der Waals surface area contributed by atoms with Gasteiger partial charge >= 0.3 is 8.64 Å². The van der Waals surface area contributed by atoms with Crippen LogP contribution in [0, 0.1) is 0 Å². The molecule has 1 saturated heterocycles. The first-order valence-corrected chi connectivity index (χ1v) is 12.3. The monoisotopic (exact) mass is 370 g/mol. The average Bonchev–Trinajstić information content (AvgIpc) is 2.86. The molecule has 2 aliphatic heterocycles. The van der Waals surface area contributed by atoms with Gasteiger partial charge in [0.2, 0.25) is 0 Å². The topological polar surface area (TPSA) is 15.7 Å². The first-order valence-electron chi connectivity index (χ1n) is 10.3. The third kappa shape index (κ3) is 2.69. The fraction of sp³-hybridized carbons (Fsp3) is 0.636. The van der Waals surface area contributed by atoms with E-state index >= 15 is 0 Å². The highest BCUT2D eigenvalue weighted by atomic mass is 28.4. The van der Waals surface area contributed by atoms with Gasteiger partial charge in [-0.05, 0) is 37.8 Å². The van der Waals surface area contributed by atoms with Crippen LogP contribution in [-0.2, 0) is 12.0 Å². The molecule has 0 amide bonds. The van der Waals surface area contributed by atoms with Crippen molar-refractivity contribution in [2.75, 3.05) is 7.05 Å². The molecule has 3 aliphatic rings. The summed E-state index contributed by atoms with van der Waals surface area (Å²) in [6.45, 7) is 10.1. The van der Waals surface area contributed by atoms with E-state index in [-0.39, 0.29) is 5.41 Å². The van der Waals surface area contributed by atoms with Crippen molar-refractivity contribution in [3.8, 4) is 5.75 Å². The van der Waals surface area contributed by atoms with Gasteiger partial charge in [0.1, 0.15) is 5.75 Å². The fourth-order valence-corrected chi connectivity index (χ4v) is 9.78. The Labute approximate surface area is 160 Å². The van der Waals surface area contributed by atoms with Crippen molar-refractivity contribution < 1.29 is 4.43 Å². The van der Waals surface area contributed by atoms with Crippen molar-refractivity contribution in [1.29, 1.82) is 0 Å². The minimum Gasteiger partial charge on any atom is -0.517 e. The van der Waals surface area contributed by atoms with Crippen LogP contribution < -0.4 is 4.43 Å². The zero-order valence-electron chi connectivity index (χ0n) is 17.1. The van der Waals surface area contributed by atoms with E-state index in [1.165, 1.54) is 42.6 Å². The second-order valence-electron chi connectivity index (χ2n) is 9.32. The molecule has 3 nitrogen and oxygen atoms in total. The van der Waals surface area contributed by atoms with Crippen LogP contribution in [0.3, 0.4) is 0 Å². The standard InChI is InChI=1S/C22H34N2OSi/c1-6-7-15-26-23(5)19-13-8-9-14-20(19)24(26)16-17-11-10-12-18(21(17)25-26)22(2,3)4/h6-7,10-12,19-20H,8-9,13-16H2,1-5H3/b7-6-/t19-,20-,26?/m0/s1. The first kappa shape index (κ1) is 18.3. The van der Waals surface area contributed by atoms with E-state index in [0.29, 0.717) is 12.1 Å². The normalized spacial score (nSPS) is 32.2. The number of fused-ring (bicyclic) bond motifs is 4. The molecule has 4 rings (SSSR count). The van der Waals surface area contributed by atoms with E-state index in [9.17, 15) is 0 Å². The van der Waals surface area contributed by atoms with E-state index in [4.69, 9.17) is 4.43 Å². The molecular weight excluding hydrogens is 336 g/mol. The van der Waals surface area contributed by atoms with E-state index in [0.717, 1.165) is 12.6 Å². The molecule has 0 spiro atoms. The van der Waals surface area contributed by atoms with E-state index in [2.05, 4.69) is 74.2 Å². The van der Waals surface area contributed by atoms with E-state index in [1.54, 1.807) is 0 Å². The summed E-state index contributed by atoms with van der Waals surface area (Å²) in [4.78, 5) is 0. The summed E-state index contributed by atoms with van der Waals surface area (Å²) in [5, 5.41) is 0. The summed E-state index contributed by atoms with van der Waals surface area (Å²) >= 11 is 0. The van der Waals surface area contributed by atoms with Crippen LogP contribution in [0.1, 0.15) is 64.5 Å². The van der Waals surface area contributed by atoms with Gasteiger partial charge in [-0.25, -0.2) is 0 Å². The van der Waals surface area contributed by atoms with E-state index < -0.39 is 8.64 Å². The highest BCUT2D eigenvalue weighted by Gasteiger charge is 2.62. The second-order valence-corrected chi connectivity index (χ2v) is 12.7. The van der Waals surface area contributed by atoms with Crippen LogP contribution in [0.2, 0.25) is 6.04 Å². The Bertz CT molecular complexity index is 711. The zero-order chi connectivity index (χ0) is 18.5. The second kappa shape index (κ2) is 6.50. The molecule has 0 bridgehead atoms. The van der Waals surface area contributed by atoms with Gasteiger partial charge in [-0.2, -0.15) is 0 Å². The third-order valence-corrected chi connectivity index (χ3v) is 10.8. The highest BCUT2D eigenvalue weighted by molar-refractivity contribution is 6.70. The van der Waals surface area contributed by atoms with E-state index in [1.807, 2.05) is 0 Å². The van der Waals surface area contributed by atoms with Gasteiger partial charge in [0.15, 0.2) is 0 Å². The van der Waals surface area contributed by atoms with Crippen molar-refractivity contribution in [1.82, 2.24) is 9.13 Å². The predicted octanol–water partition coefficient (Wildman–Crippen LogP) is 4.95. The molecule has 2 fully saturated rings. The van der Waals surface area contributed by atoms with Crippen LogP contribution >= 0.6 is 0 Å². The Kier molecular flexibility index (Phi) is 4.57. The molecule has 4 heteroatoms. The smallest absolute Gasteiger partial charge is 0.423 e. The summed E-state index contributed by atoms with van der Waals surface area (Å²) in [5.41, 5.74) is 2.86. The number of rotatable bonds is 2. The van der Waals surface area contributed by atoms with Gasteiger partial charge in [0.05, 0.1) is 0 Å². The minimum atomic E-state index is -2.18. The van der Waals surface area contributed by atoms with Gasteiger partial charge in [-0.15, -0.1) is 0 Å². The fourth-order valence-electron chi connectivity index (χ4n) is 5.34. The van der Waals surface area contributed by atoms with Crippen molar-refractivity contribution in [3.63, 3.8) is 0 Å². The molecule has 2 heterocycles. The number of para-hydroxylation sites is 1. The van der Waals surface area contributed by atoms with Crippen molar-refractivity contribution in [2.24, 2.45) is 0 Å². The Morgan fingerprint density at radius 1 is 1.19 bits per heavy atom. The minimum absolute atomic E-state index is 0.105. The Morgan fingerprint density at radius 2 is 1.92 bits per heavy atom. The maximum absolute atomic E-state index is 7.15. The van der Waals surface area contributed by atoms with Crippen LogP contribution in [-0.4, -0.2) is 36.9 Å². The maximum atomic E-state index is 7.15. The van der Waals surface area contributed by atoms with Gasteiger partial charge < -0.3 is 4.43 Å². The number of hydrogen-bond donors (Lipinski definition) is 0. The molecule has 1 saturated carbocycles. The quantitative estimate of drug-likeness (QED) is 0.541. The third-order valence-electron chi connectivity index (χ3n) is 6.72. The van der Waals surface area contributed by atoms with Gasteiger partial charge in [0.25, 0.3) is 0 Å².